The molecule has 3 aromatic heterocycles. The van der Waals surface area contributed by atoms with E-state index in [1.54, 1.807) is 48.6 Å². The molecule has 0 fully saturated rings. The minimum absolute atomic E-state index is 0.538. The van der Waals surface area contributed by atoms with Gasteiger partial charge in [0, 0.05) is 22.6 Å². The normalized spacial score (nSPS) is 9.82. The second-order valence-corrected chi connectivity index (χ2v) is 5.09. The van der Waals surface area contributed by atoms with Crippen molar-refractivity contribution in [1.29, 1.82) is 0 Å². The second kappa shape index (κ2) is 18.2. The van der Waals surface area contributed by atoms with Crippen molar-refractivity contribution >= 4 is 46.9 Å². The first-order chi connectivity index (χ1) is 16.8. The molecule has 0 saturated heterocycles. The Morgan fingerprint density at radius 3 is 0.853 bits per heavy atom. The zero-order valence-corrected chi connectivity index (χ0v) is 22.4. The van der Waals surface area contributed by atoms with Crippen molar-refractivity contribution in [3.63, 3.8) is 0 Å². The molecule has 0 saturated carbocycles. The Kier molecular flexibility index (Phi) is 16.4. The molecular weight excluding hydrogens is 467 g/mol. The molecule has 10 heteroatoms. The average molecular weight is 500 g/mol. The third kappa shape index (κ3) is 9.29. The fourth-order valence-electron chi connectivity index (χ4n) is 2.33. The third-order valence-corrected chi connectivity index (χ3v) is 3.36. The summed E-state index contributed by atoms with van der Waals surface area (Å²) >= 11 is 1.06. The molecule has 5 heterocycles. The van der Waals surface area contributed by atoms with Gasteiger partial charge < -0.3 is 29.9 Å². The zero-order chi connectivity index (χ0) is 25.9. The summed E-state index contributed by atoms with van der Waals surface area (Å²) < 4.78 is 8.19. The summed E-state index contributed by atoms with van der Waals surface area (Å²) in [4.78, 5) is 34.8. The summed E-state index contributed by atoms with van der Waals surface area (Å²) in [6.07, 6.45) is 7.12. The van der Waals surface area contributed by atoms with Gasteiger partial charge in [-0.3, -0.25) is 0 Å². The molecule has 34 heavy (non-hydrogen) atoms. The van der Waals surface area contributed by atoms with Gasteiger partial charge in [0.2, 0.25) is 0 Å². The minimum atomic E-state index is 0.538. The monoisotopic (exact) mass is 499 g/mol. The fraction of sp³-hybridized carbons (Fsp3) is 0.333. The number of aromatic nitrogens is 8. The maximum atomic E-state index is 8.19. The van der Waals surface area contributed by atoms with Crippen molar-refractivity contribution in [1.82, 2.24) is 39.9 Å². The zero-order valence-electron chi connectivity index (χ0n) is 21.1. The van der Waals surface area contributed by atoms with Crippen LogP contribution in [0.2, 0.25) is 0 Å². The predicted molar refractivity (Wildman–Crippen MR) is 134 cm³/mol. The molecule has 0 amide bonds. The summed E-state index contributed by atoms with van der Waals surface area (Å²) in [5, 5.41) is 0. The first-order valence-corrected chi connectivity index (χ1v) is 12.0. The first-order valence-electron chi connectivity index (χ1n) is 11.4. The summed E-state index contributed by atoms with van der Waals surface area (Å²) in [7, 11) is 0. The second-order valence-electron chi connectivity index (χ2n) is 5.09. The SMILES string of the molecule is C1=Cc2nc1nc1ccc(nc3nc(nc4ccc(n2)[n-]4)C=C3)[n-]1.CC.CC.CC.CC.[O]=[V+2]. The van der Waals surface area contributed by atoms with Gasteiger partial charge >= 0.3 is 21.0 Å². The van der Waals surface area contributed by atoms with Crippen LogP contribution in [0.15, 0.2) is 24.3 Å². The molecule has 8 bridgehead atoms. The molecule has 5 rings (SSSR count). The quantitative estimate of drug-likeness (QED) is 0.272. The van der Waals surface area contributed by atoms with E-state index in [1.807, 2.05) is 55.4 Å². The first kappa shape index (κ1) is 30.7. The van der Waals surface area contributed by atoms with Gasteiger partial charge in [-0.15, -0.1) is 0 Å². The average Bonchev–Trinajstić information content (AvgIpc) is 3.72. The number of fused-ring (bicyclic) bond motifs is 8. The number of hydrogen-bond donors (Lipinski definition) is 0. The Morgan fingerprint density at radius 1 is 0.441 bits per heavy atom. The molecule has 0 unspecified atom stereocenters. The van der Waals surface area contributed by atoms with Crippen molar-refractivity contribution in [2.75, 3.05) is 0 Å². The Morgan fingerprint density at radius 2 is 0.647 bits per heavy atom. The maximum absolute atomic E-state index is 8.19. The number of rotatable bonds is 0. The standard InChI is InChI=1S/C16H8N8.4C2H6.O.V/c1-2-10-17-9(1)21-11-3-4-13(18-11)23-15-7-8-16(20-15)24-14-6-5-12(19-14)22-10;4*1-2;;/h1-8H;4*1-2H3;;/q-2;;;;;;+2. The molecule has 3 aromatic rings. The topological polar surface area (TPSA) is 123 Å². The Hall–Kier alpha value is -3.30. The molecule has 9 nitrogen and oxygen atoms in total. The van der Waals surface area contributed by atoms with E-state index in [4.69, 9.17) is 3.67 Å². The van der Waals surface area contributed by atoms with Crippen molar-refractivity contribution in [3.05, 3.63) is 47.6 Å². The van der Waals surface area contributed by atoms with Gasteiger partial charge in [-0.25, -0.2) is 9.97 Å². The van der Waals surface area contributed by atoms with Crippen LogP contribution in [0.5, 0.6) is 0 Å². The molecule has 2 aliphatic rings. The molecular formula is C24H32N8OV. The van der Waals surface area contributed by atoms with Crippen LogP contribution in [0, 0.1) is 0 Å². The third-order valence-electron chi connectivity index (χ3n) is 3.36. The Labute approximate surface area is 210 Å². The van der Waals surface area contributed by atoms with Crippen LogP contribution in [0.1, 0.15) is 78.7 Å². The molecule has 0 N–H and O–H groups in total. The summed E-state index contributed by atoms with van der Waals surface area (Å²) in [5.74, 6) is 2.15. The van der Waals surface area contributed by atoms with Crippen molar-refractivity contribution in [3.8, 4) is 0 Å². The van der Waals surface area contributed by atoms with Crippen molar-refractivity contribution < 1.29 is 21.0 Å². The molecule has 2 aliphatic heterocycles. The Balaban J connectivity index is 0.000000976. The number of nitrogens with zero attached hydrogens (tertiary/aromatic N) is 8. The Bertz CT molecular complexity index is 1020. The van der Waals surface area contributed by atoms with Gasteiger partial charge in [0.25, 0.3) is 0 Å². The number of hydrogen-bond acceptors (Lipinski definition) is 7. The van der Waals surface area contributed by atoms with E-state index in [2.05, 4.69) is 39.9 Å². The van der Waals surface area contributed by atoms with Gasteiger partial charge in [-0.2, -0.15) is 0 Å². The van der Waals surface area contributed by atoms with E-state index in [0.717, 1.165) is 17.4 Å². The van der Waals surface area contributed by atoms with Gasteiger partial charge in [0.1, 0.15) is 0 Å². The van der Waals surface area contributed by atoms with Gasteiger partial charge in [-0.05, 0) is 48.6 Å². The molecule has 0 aliphatic carbocycles. The summed E-state index contributed by atoms with van der Waals surface area (Å²) in [5.41, 5.74) is 2.15. The van der Waals surface area contributed by atoms with Crippen LogP contribution in [0.25, 0.3) is 46.9 Å². The van der Waals surface area contributed by atoms with Crippen LogP contribution in [0.3, 0.4) is 0 Å². The van der Waals surface area contributed by atoms with E-state index >= 15 is 0 Å². The summed E-state index contributed by atoms with van der Waals surface area (Å²) in [6.45, 7) is 16.0. The van der Waals surface area contributed by atoms with E-state index in [-0.39, 0.29) is 0 Å². The van der Waals surface area contributed by atoms with E-state index in [9.17, 15) is 0 Å². The van der Waals surface area contributed by atoms with E-state index in [0.29, 0.717) is 45.9 Å². The van der Waals surface area contributed by atoms with Crippen LogP contribution in [-0.2, 0) is 21.0 Å². The molecule has 179 valence electrons. The van der Waals surface area contributed by atoms with Gasteiger partial charge in [0.05, 0.1) is 23.3 Å². The molecule has 0 spiro atoms. The van der Waals surface area contributed by atoms with Crippen molar-refractivity contribution in [2.45, 2.75) is 55.4 Å². The van der Waals surface area contributed by atoms with Gasteiger partial charge in [-0.1, -0.05) is 55.4 Å². The molecule has 0 aromatic carbocycles. The molecule has 0 radical (unpaired) electrons. The van der Waals surface area contributed by atoms with Gasteiger partial charge in [0.15, 0.2) is 0 Å². The van der Waals surface area contributed by atoms with Crippen LogP contribution in [0.4, 0.5) is 0 Å². The predicted octanol–water partition coefficient (Wildman–Crippen LogP) is 5.48. The molecule has 0 atom stereocenters. The van der Waals surface area contributed by atoms with E-state index < -0.39 is 0 Å². The summed E-state index contributed by atoms with van der Waals surface area (Å²) in [6, 6.07) is 7.12. The van der Waals surface area contributed by atoms with Crippen LogP contribution < -0.4 is 9.97 Å². The van der Waals surface area contributed by atoms with Crippen LogP contribution in [-0.4, -0.2) is 29.9 Å². The fourth-order valence-corrected chi connectivity index (χ4v) is 2.33. The van der Waals surface area contributed by atoms with Crippen LogP contribution >= 0.6 is 0 Å². The van der Waals surface area contributed by atoms with E-state index in [1.165, 1.54) is 0 Å². The van der Waals surface area contributed by atoms with Crippen molar-refractivity contribution in [2.24, 2.45) is 0 Å².